The summed E-state index contributed by atoms with van der Waals surface area (Å²) in [4.78, 5) is 31.8. The maximum absolute atomic E-state index is 13.7. The summed E-state index contributed by atoms with van der Waals surface area (Å²) < 4.78 is 40.3. The fraction of sp³-hybridized carbons (Fsp3) is 0.200. The molecule has 0 aliphatic heterocycles. The van der Waals surface area contributed by atoms with Crippen LogP contribution < -0.4 is 27.0 Å². The highest BCUT2D eigenvalue weighted by atomic mass is 32.1. The Morgan fingerprint density at radius 1 is 1.07 bits per heavy atom. The molecule has 0 saturated heterocycles. The fourth-order valence-corrected chi connectivity index (χ4v) is 5.74. The third-order valence-electron chi connectivity index (χ3n) is 7.10. The molecule has 1 aromatic heterocycles. The summed E-state index contributed by atoms with van der Waals surface area (Å²) in [7, 11) is 0. The molecule has 232 valence electrons. The van der Waals surface area contributed by atoms with Gasteiger partial charge in [-0.3, -0.25) is 20.3 Å². The van der Waals surface area contributed by atoms with E-state index in [-0.39, 0.29) is 34.4 Å². The number of halogens is 3. The van der Waals surface area contributed by atoms with Gasteiger partial charge in [0.25, 0.3) is 5.91 Å². The number of nitrogen functional groups attached to an aromatic ring is 1. The predicted molar refractivity (Wildman–Crippen MR) is 168 cm³/mol. The molecule has 1 aliphatic rings. The Labute approximate surface area is 259 Å². The quantitative estimate of drug-likeness (QED) is 0.0478. The Hall–Kier alpha value is -5.31. The number of hydrogen-bond acceptors (Lipinski definition) is 7. The van der Waals surface area contributed by atoms with Crippen LogP contribution >= 0.6 is 11.3 Å². The van der Waals surface area contributed by atoms with Crippen LogP contribution in [0.4, 0.5) is 34.5 Å². The van der Waals surface area contributed by atoms with E-state index in [2.05, 4.69) is 32.0 Å². The van der Waals surface area contributed by atoms with Gasteiger partial charge in [-0.2, -0.15) is 18.7 Å². The predicted octanol–water partition coefficient (Wildman–Crippen LogP) is 7.08. The van der Waals surface area contributed by atoms with E-state index in [1.54, 1.807) is 24.3 Å². The zero-order valence-corrected chi connectivity index (χ0v) is 24.5. The van der Waals surface area contributed by atoms with E-state index < -0.39 is 23.7 Å². The van der Waals surface area contributed by atoms with E-state index in [4.69, 9.17) is 17.0 Å². The van der Waals surface area contributed by atoms with Crippen molar-refractivity contribution in [2.75, 3.05) is 16.0 Å². The number of carbonyl (C=O) groups excluding carboxylic acids is 2. The lowest BCUT2D eigenvalue weighted by Gasteiger charge is -2.23. The van der Waals surface area contributed by atoms with E-state index in [0.29, 0.717) is 16.0 Å². The largest absolute Gasteiger partial charge is 0.416 e. The van der Waals surface area contributed by atoms with E-state index in [0.717, 1.165) is 54.7 Å². The zero-order valence-electron chi connectivity index (χ0n) is 23.7. The third-order valence-corrected chi connectivity index (χ3v) is 8.14. The van der Waals surface area contributed by atoms with Crippen molar-refractivity contribution in [3.8, 4) is 0 Å². The Kier molecular flexibility index (Phi) is 9.08. The first kappa shape index (κ1) is 31.1. The van der Waals surface area contributed by atoms with Crippen molar-refractivity contribution < 1.29 is 22.8 Å². The summed E-state index contributed by atoms with van der Waals surface area (Å²) in [6.45, 7) is 0.0857. The van der Waals surface area contributed by atoms with E-state index in [1.165, 1.54) is 10.5 Å². The minimum absolute atomic E-state index is 0.0234. The third kappa shape index (κ3) is 7.44. The molecule has 0 atom stereocenters. The summed E-state index contributed by atoms with van der Waals surface area (Å²) in [6.07, 6.45) is 1.91. The van der Waals surface area contributed by atoms with Gasteiger partial charge in [-0.25, -0.2) is 9.78 Å². The van der Waals surface area contributed by atoms with Gasteiger partial charge >= 0.3 is 12.2 Å². The first-order chi connectivity index (χ1) is 21.5. The Morgan fingerprint density at radius 3 is 2.44 bits per heavy atom. The molecule has 3 amide bonds. The van der Waals surface area contributed by atoms with Gasteiger partial charge < -0.3 is 11.5 Å². The summed E-state index contributed by atoms with van der Waals surface area (Å²) >= 11 is 0.973. The number of thiazole rings is 1. The number of guanidine groups is 1. The van der Waals surface area contributed by atoms with Gasteiger partial charge in [-0.15, -0.1) is 0 Å². The van der Waals surface area contributed by atoms with Crippen LogP contribution in [0.25, 0.3) is 15.8 Å². The number of fused-ring (bicyclic) bond motifs is 1. The SMILES string of the molecule is N=NN=C(N)NC(=O)c1ccc(CN(C(=O)Nc2nc3cc(C(F)(F)F)cc(N)c3s2)c2ccc(C3=CCCCC3)cc2)cc1. The van der Waals surface area contributed by atoms with Crippen LogP contribution in [0, 0.1) is 5.53 Å². The van der Waals surface area contributed by atoms with Gasteiger partial charge in [0.2, 0.25) is 5.96 Å². The van der Waals surface area contributed by atoms with Gasteiger partial charge in [0.15, 0.2) is 5.13 Å². The Balaban J connectivity index is 1.41. The van der Waals surface area contributed by atoms with Crippen LogP contribution in [-0.2, 0) is 12.7 Å². The highest BCUT2D eigenvalue weighted by molar-refractivity contribution is 7.23. The number of nitrogens with two attached hydrogens (primary N) is 2. The molecule has 15 heteroatoms. The molecule has 45 heavy (non-hydrogen) atoms. The first-order valence-electron chi connectivity index (χ1n) is 13.8. The lowest BCUT2D eigenvalue weighted by molar-refractivity contribution is -0.137. The second-order valence-electron chi connectivity index (χ2n) is 10.2. The smallest absolute Gasteiger partial charge is 0.398 e. The zero-order chi connectivity index (χ0) is 32.1. The molecule has 0 spiro atoms. The summed E-state index contributed by atoms with van der Waals surface area (Å²) in [5.74, 6) is -0.891. The van der Waals surface area contributed by atoms with E-state index >= 15 is 0 Å². The van der Waals surface area contributed by atoms with Crippen molar-refractivity contribution in [3.05, 3.63) is 89.0 Å². The number of carbonyl (C=O) groups is 2. The average Bonchev–Trinajstić information content (AvgIpc) is 3.43. The van der Waals surface area contributed by atoms with Crippen LogP contribution in [0.2, 0.25) is 0 Å². The molecular formula is C30H28F3N9O2S. The second kappa shape index (κ2) is 13.1. The van der Waals surface area contributed by atoms with Crippen molar-refractivity contribution in [1.29, 1.82) is 5.53 Å². The van der Waals surface area contributed by atoms with Crippen LogP contribution in [-0.4, -0.2) is 22.9 Å². The molecule has 11 nitrogen and oxygen atoms in total. The number of nitrogens with one attached hydrogen (secondary N) is 3. The topological polar surface area (TPSA) is 175 Å². The van der Waals surface area contributed by atoms with Gasteiger partial charge in [0.1, 0.15) is 0 Å². The summed E-state index contributed by atoms with van der Waals surface area (Å²) in [5.41, 5.74) is 20.9. The number of amides is 3. The summed E-state index contributed by atoms with van der Waals surface area (Å²) in [5, 5.41) is 11.1. The normalized spacial score (nSPS) is 13.7. The van der Waals surface area contributed by atoms with Crippen LogP contribution in [0.1, 0.15) is 52.7 Å². The number of aromatic nitrogens is 1. The van der Waals surface area contributed by atoms with Crippen molar-refractivity contribution in [1.82, 2.24) is 10.3 Å². The van der Waals surface area contributed by atoms with Crippen LogP contribution in [0.3, 0.4) is 0 Å². The standard InChI is InChI=1S/C30H28F3N9O2S/c31-30(32,33)21-14-23(34)25-24(15-21)37-28(45-25)39-29(44)42(22-12-10-19(11-13-22)18-4-2-1-3-5-18)16-17-6-8-20(9-7-17)26(43)38-27(35)40-41-36/h4,6-15H,1-3,5,16,34H2,(H,37,39,44)(H4,35,36,38,40,43). The van der Waals surface area contributed by atoms with Crippen molar-refractivity contribution >= 4 is 61.5 Å². The molecule has 0 radical (unpaired) electrons. The molecular weight excluding hydrogens is 607 g/mol. The molecule has 7 N–H and O–H groups in total. The van der Waals surface area contributed by atoms with Crippen molar-refractivity contribution in [3.63, 3.8) is 0 Å². The van der Waals surface area contributed by atoms with E-state index in [1.807, 2.05) is 24.3 Å². The highest BCUT2D eigenvalue weighted by Gasteiger charge is 2.32. The molecule has 1 heterocycles. The molecule has 0 bridgehead atoms. The number of hydrogen-bond donors (Lipinski definition) is 5. The number of benzene rings is 3. The minimum Gasteiger partial charge on any atom is -0.398 e. The summed E-state index contributed by atoms with van der Waals surface area (Å²) in [6, 6.07) is 15.1. The maximum Gasteiger partial charge on any atom is 0.416 e. The molecule has 3 aromatic carbocycles. The molecule has 0 unspecified atom stereocenters. The number of urea groups is 1. The van der Waals surface area contributed by atoms with Crippen LogP contribution in [0.15, 0.2) is 77.1 Å². The Bertz CT molecular complexity index is 1800. The first-order valence-corrected chi connectivity index (χ1v) is 14.6. The van der Waals surface area contributed by atoms with E-state index in [9.17, 15) is 22.8 Å². The number of anilines is 3. The molecule has 0 fully saturated rings. The number of allylic oxidation sites excluding steroid dienone is 2. The second-order valence-corrected chi connectivity index (χ2v) is 11.2. The van der Waals surface area contributed by atoms with Gasteiger partial charge in [0.05, 0.1) is 28.0 Å². The minimum atomic E-state index is -4.60. The number of alkyl halides is 3. The lowest BCUT2D eigenvalue weighted by atomic mass is 9.93. The van der Waals surface area contributed by atoms with Crippen LogP contribution in [0.5, 0.6) is 0 Å². The van der Waals surface area contributed by atoms with Crippen molar-refractivity contribution in [2.24, 2.45) is 16.1 Å². The fourth-order valence-electron chi connectivity index (χ4n) is 4.88. The van der Waals surface area contributed by atoms with Gasteiger partial charge in [-0.1, -0.05) is 46.8 Å². The molecule has 5 rings (SSSR count). The number of rotatable bonds is 7. The Morgan fingerprint density at radius 2 is 1.80 bits per heavy atom. The van der Waals surface area contributed by atoms with Crippen molar-refractivity contribution in [2.45, 2.75) is 38.4 Å². The molecule has 1 aliphatic carbocycles. The average molecular weight is 636 g/mol. The maximum atomic E-state index is 13.7. The molecule has 4 aromatic rings. The highest BCUT2D eigenvalue weighted by Crippen LogP contribution is 2.38. The van der Waals surface area contributed by atoms with Gasteiger partial charge in [0, 0.05) is 11.3 Å². The lowest BCUT2D eigenvalue weighted by Crippen LogP contribution is -2.36. The van der Waals surface area contributed by atoms with Gasteiger partial charge in [-0.05, 0) is 84.0 Å². The monoisotopic (exact) mass is 635 g/mol. The molecule has 0 saturated carbocycles. The number of nitrogens with zero attached hydrogens (tertiary/aromatic N) is 4.